The van der Waals surface area contributed by atoms with Gasteiger partial charge >= 0.3 is 0 Å². The van der Waals surface area contributed by atoms with Crippen molar-refractivity contribution in [1.82, 2.24) is 0 Å². The SMILES string of the molecule is Cc1ccc(N)c(C(O)C2CCS(=O)(=O)C2)c1. The zero-order valence-electron chi connectivity index (χ0n) is 9.76. The number of aryl methyl sites for hydroxylation is 1. The summed E-state index contributed by atoms with van der Waals surface area (Å²) in [6.07, 6.45) is -0.274. The van der Waals surface area contributed by atoms with E-state index in [2.05, 4.69) is 0 Å². The Labute approximate surface area is 101 Å². The smallest absolute Gasteiger partial charge is 0.150 e. The van der Waals surface area contributed by atoms with Gasteiger partial charge in [-0.05, 0) is 19.4 Å². The van der Waals surface area contributed by atoms with Crippen LogP contribution in [0.3, 0.4) is 0 Å². The molecule has 94 valence electrons. The van der Waals surface area contributed by atoms with Crippen LogP contribution in [0.1, 0.15) is 23.7 Å². The van der Waals surface area contributed by atoms with E-state index >= 15 is 0 Å². The molecule has 0 amide bonds. The van der Waals surface area contributed by atoms with Crippen LogP contribution in [0.5, 0.6) is 0 Å². The molecule has 0 spiro atoms. The second-order valence-corrected chi connectivity index (χ2v) is 6.97. The summed E-state index contributed by atoms with van der Waals surface area (Å²) in [5, 5.41) is 10.2. The van der Waals surface area contributed by atoms with Crippen LogP contribution in [0, 0.1) is 12.8 Å². The van der Waals surface area contributed by atoms with E-state index in [0.717, 1.165) is 5.56 Å². The number of nitrogens with two attached hydrogens (primary N) is 1. The van der Waals surface area contributed by atoms with Crippen molar-refractivity contribution in [3.05, 3.63) is 29.3 Å². The Morgan fingerprint density at radius 1 is 1.47 bits per heavy atom. The molecule has 1 aliphatic rings. The highest BCUT2D eigenvalue weighted by Crippen LogP contribution is 2.34. The molecule has 1 heterocycles. The largest absolute Gasteiger partial charge is 0.398 e. The van der Waals surface area contributed by atoms with Gasteiger partial charge in [-0.3, -0.25) is 0 Å². The minimum Gasteiger partial charge on any atom is -0.398 e. The second-order valence-electron chi connectivity index (χ2n) is 4.74. The lowest BCUT2D eigenvalue weighted by Gasteiger charge is -2.19. The lowest BCUT2D eigenvalue weighted by atomic mass is 9.93. The minimum atomic E-state index is -2.97. The third-order valence-electron chi connectivity index (χ3n) is 3.28. The number of hydrogen-bond donors (Lipinski definition) is 2. The van der Waals surface area contributed by atoms with Gasteiger partial charge in [0.2, 0.25) is 0 Å². The summed E-state index contributed by atoms with van der Waals surface area (Å²) in [6.45, 7) is 1.92. The van der Waals surface area contributed by atoms with E-state index in [1.807, 2.05) is 19.1 Å². The Hall–Kier alpha value is -1.07. The van der Waals surface area contributed by atoms with Crippen molar-refractivity contribution in [3.63, 3.8) is 0 Å². The topological polar surface area (TPSA) is 80.4 Å². The lowest BCUT2D eigenvalue weighted by Crippen LogP contribution is -2.15. The zero-order valence-corrected chi connectivity index (χ0v) is 10.6. The van der Waals surface area contributed by atoms with Crippen LogP contribution < -0.4 is 5.73 Å². The van der Waals surface area contributed by atoms with E-state index in [1.54, 1.807) is 6.07 Å². The van der Waals surface area contributed by atoms with E-state index in [-0.39, 0.29) is 17.4 Å². The van der Waals surface area contributed by atoms with Gasteiger partial charge in [-0.25, -0.2) is 8.42 Å². The minimum absolute atomic E-state index is 0.0571. The van der Waals surface area contributed by atoms with Gasteiger partial charge in [-0.1, -0.05) is 17.7 Å². The summed E-state index contributed by atoms with van der Waals surface area (Å²) < 4.78 is 22.8. The molecule has 2 rings (SSSR count). The summed E-state index contributed by atoms with van der Waals surface area (Å²) in [5.41, 5.74) is 7.99. The van der Waals surface area contributed by atoms with Gasteiger partial charge in [-0.15, -0.1) is 0 Å². The van der Waals surface area contributed by atoms with Crippen LogP contribution in [0.15, 0.2) is 18.2 Å². The molecule has 3 N–H and O–H groups in total. The maximum atomic E-state index is 11.4. The molecule has 1 aliphatic heterocycles. The van der Waals surface area contributed by atoms with Crippen molar-refractivity contribution < 1.29 is 13.5 Å². The summed E-state index contributed by atoms with van der Waals surface area (Å²) in [6, 6.07) is 5.44. The van der Waals surface area contributed by atoms with E-state index in [4.69, 9.17) is 5.73 Å². The average molecular weight is 255 g/mol. The first kappa shape index (κ1) is 12.4. The van der Waals surface area contributed by atoms with Crippen LogP contribution in [0.25, 0.3) is 0 Å². The highest BCUT2D eigenvalue weighted by molar-refractivity contribution is 7.91. The number of aliphatic hydroxyl groups is 1. The number of rotatable bonds is 2. The Balaban J connectivity index is 2.26. The predicted molar refractivity (Wildman–Crippen MR) is 67.3 cm³/mol. The molecule has 2 unspecified atom stereocenters. The van der Waals surface area contributed by atoms with Gasteiger partial charge in [-0.2, -0.15) is 0 Å². The number of aliphatic hydroxyl groups excluding tert-OH is 1. The third kappa shape index (κ3) is 2.61. The van der Waals surface area contributed by atoms with Crippen LogP contribution in [-0.2, 0) is 9.84 Å². The van der Waals surface area contributed by atoms with Crippen LogP contribution in [-0.4, -0.2) is 25.0 Å². The summed E-state index contributed by atoms with van der Waals surface area (Å²) >= 11 is 0. The molecule has 0 aliphatic carbocycles. The highest BCUT2D eigenvalue weighted by atomic mass is 32.2. The van der Waals surface area contributed by atoms with Gasteiger partial charge in [0.25, 0.3) is 0 Å². The molecule has 0 bridgehead atoms. The molecule has 0 radical (unpaired) electrons. The fourth-order valence-electron chi connectivity index (χ4n) is 2.28. The molecule has 4 nitrogen and oxygen atoms in total. The monoisotopic (exact) mass is 255 g/mol. The maximum Gasteiger partial charge on any atom is 0.150 e. The number of nitrogen functional groups attached to an aromatic ring is 1. The number of anilines is 1. The molecular formula is C12H17NO3S. The first-order valence-corrected chi connectivity index (χ1v) is 7.46. The van der Waals surface area contributed by atoms with Crippen molar-refractivity contribution in [2.24, 2.45) is 5.92 Å². The van der Waals surface area contributed by atoms with Crippen molar-refractivity contribution in [2.45, 2.75) is 19.4 Å². The molecule has 0 saturated carbocycles. The maximum absolute atomic E-state index is 11.4. The molecule has 0 aromatic heterocycles. The fourth-order valence-corrected chi connectivity index (χ4v) is 4.11. The van der Waals surface area contributed by atoms with E-state index in [0.29, 0.717) is 17.7 Å². The Morgan fingerprint density at radius 2 is 2.18 bits per heavy atom. The van der Waals surface area contributed by atoms with Crippen molar-refractivity contribution in [2.75, 3.05) is 17.2 Å². The molecule has 1 fully saturated rings. The molecule has 2 atom stereocenters. The predicted octanol–water partition coefficient (Wildman–Crippen LogP) is 1.05. The van der Waals surface area contributed by atoms with Crippen molar-refractivity contribution >= 4 is 15.5 Å². The van der Waals surface area contributed by atoms with E-state index in [9.17, 15) is 13.5 Å². The summed E-state index contributed by atoms with van der Waals surface area (Å²) in [7, 11) is -2.97. The van der Waals surface area contributed by atoms with Gasteiger partial charge in [0.15, 0.2) is 9.84 Å². The fraction of sp³-hybridized carbons (Fsp3) is 0.500. The van der Waals surface area contributed by atoms with Crippen molar-refractivity contribution in [1.29, 1.82) is 0 Å². The molecule has 5 heteroatoms. The van der Waals surface area contributed by atoms with E-state index in [1.165, 1.54) is 0 Å². The van der Waals surface area contributed by atoms with Crippen molar-refractivity contribution in [3.8, 4) is 0 Å². The highest BCUT2D eigenvalue weighted by Gasteiger charge is 2.34. The Kier molecular flexibility index (Phi) is 3.14. The quantitative estimate of drug-likeness (QED) is 0.774. The summed E-state index contributed by atoms with van der Waals surface area (Å²) in [5.74, 6) is -0.00811. The standard InChI is InChI=1S/C12H17NO3S/c1-8-2-3-11(13)10(6-8)12(14)9-4-5-17(15,16)7-9/h2-3,6,9,12,14H,4-5,7,13H2,1H3. The zero-order chi connectivity index (χ0) is 12.6. The first-order chi connectivity index (χ1) is 7.89. The normalized spacial score (nSPS) is 24.7. The van der Waals surface area contributed by atoms with E-state index < -0.39 is 15.9 Å². The van der Waals surface area contributed by atoms with Gasteiger partial charge in [0, 0.05) is 17.2 Å². The molecule has 1 aromatic carbocycles. The molecule has 1 aromatic rings. The number of hydrogen-bond acceptors (Lipinski definition) is 4. The molecule has 1 saturated heterocycles. The average Bonchev–Trinajstić information content (AvgIpc) is 2.61. The number of sulfone groups is 1. The van der Waals surface area contributed by atoms with Crippen LogP contribution >= 0.6 is 0 Å². The Morgan fingerprint density at radius 3 is 2.76 bits per heavy atom. The Bertz CT molecular complexity index is 525. The number of benzene rings is 1. The summed E-state index contributed by atoms with van der Waals surface area (Å²) in [4.78, 5) is 0. The van der Waals surface area contributed by atoms with Gasteiger partial charge < -0.3 is 10.8 Å². The van der Waals surface area contributed by atoms with Crippen LogP contribution in [0.4, 0.5) is 5.69 Å². The molecular weight excluding hydrogens is 238 g/mol. The van der Waals surface area contributed by atoms with Gasteiger partial charge in [0.05, 0.1) is 17.6 Å². The second kappa shape index (κ2) is 4.31. The van der Waals surface area contributed by atoms with Crippen LogP contribution in [0.2, 0.25) is 0 Å². The molecule has 17 heavy (non-hydrogen) atoms. The van der Waals surface area contributed by atoms with Gasteiger partial charge in [0.1, 0.15) is 0 Å². The lowest BCUT2D eigenvalue weighted by molar-refractivity contribution is 0.121. The first-order valence-electron chi connectivity index (χ1n) is 5.63. The third-order valence-corrected chi connectivity index (χ3v) is 5.07.